The summed E-state index contributed by atoms with van der Waals surface area (Å²) < 4.78 is 2.07. The van der Waals surface area contributed by atoms with Crippen LogP contribution in [0.1, 0.15) is 47.1 Å². The highest BCUT2D eigenvalue weighted by molar-refractivity contribution is 5.94. The third-order valence-electron chi connectivity index (χ3n) is 5.15. The highest BCUT2D eigenvalue weighted by atomic mass is 16.2. The minimum absolute atomic E-state index is 0.152. The number of piperidine rings is 1. The van der Waals surface area contributed by atoms with Gasteiger partial charge in [-0.1, -0.05) is 17.7 Å². The lowest BCUT2D eigenvalue weighted by atomic mass is 10.0. The number of benzene rings is 1. The number of carbonyl (C=O) groups is 1. The summed E-state index contributed by atoms with van der Waals surface area (Å²) in [5.74, 6) is 0.152. The predicted octanol–water partition coefficient (Wildman–Crippen LogP) is 3.09. The zero-order valence-electron chi connectivity index (χ0n) is 16.3. The number of likely N-dealkylation sites (tertiary alicyclic amines) is 1. The summed E-state index contributed by atoms with van der Waals surface area (Å²) in [5.41, 5.74) is 4.24. The second kappa shape index (κ2) is 8.04. The van der Waals surface area contributed by atoms with Crippen molar-refractivity contribution in [3.8, 4) is 0 Å². The molecule has 0 bridgehead atoms. The Balaban J connectivity index is 1.48. The molecule has 1 atom stereocenters. The lowest BCUT2D eigenvalue weighted by Crippen LogP contribution is -2.48. The molecule has 3 rings (SSSR count). The van der Waals surface area contributed by atoms with Gasteiger partial charge in [-0.3, -0.25) is 9.48 Å². The van der Waals surface area contributed by atoms with E-state index in [9.17, 15) is 4.79 Å². The first-order chi connectivity index (χ1) is 12.4. The Kier molecular flexibility index (Phi) is 5.77. The zero-order chi connectivity index (χ0) is 18.7. The van der Waals surface area contributed by atoms with E-state index in [4.69, 9.17) is 0 Å². The molecule has 0 aliphatic carbocycles. The molecular weight excluding hydrogens is 324 g/mol. The minimum atomic E-state index is 0.152. The number of amides is 1. The van der Waals surface area contributed by atoms with E-state index in [1.54, 1.807) is 0 Å². The van der Waals surface area contributed by atoms with Crippen molar-refractivity contribution in [2.75, 3.05) is 13.1 Å². The fraction of sp³-hybridized carbons (Fsp3) is 0.524. The molecule has 1 amide bonds. The number of aromatic nitrogens is 2. The average molecular weight is 354 g/mol. The van der Waals surface area contributed by atoms with Crippen LogP contribution in [0.5, 0.6) is 0 Å². The molecule has 1 N–H and O–H groups in total. The Bertz CT molecular complexity index is 742. The molecule has 2 heterocycles. The quantitative estimate of drug-likeness (QED) is 0.898. The van der Waals surface area contributed by atoms with Gasteiger partial charge in [0, 0.05) is 36.4 Å². The fourth-order valence-electron chi connectivity index (χ4n) is 3.70. The molecule has 26 heavy (non-hydrogen) atoms. The van der Waals surface area contributed by atoms with Crippen LogP contribution in [0.25, 0.3) is 0 Å². The minimum Gasteiger partial charge on any atom is -0.339 e. The highest BCUT2D eigenvalue weighted by Gasteiger charge is 2.24. The molecule has 0 spiro atoms. The van der Waals surface area contributed by atoms with E-state index in [1.165, 1.54) is 11.3 Å². The normalized spacial score (nSPS) is 16.7. The lowest BCUT2D eigenvalue weighted by Gasteiger charge is -2.34. The molecule has 5 heteroatoms. The van der Waals surface area contributed by atoms with Gasteiger partial charge in [-0.05, 0) is 58.7 Å². The van der Waals surface area contributed by atoms with Crippen molar-refractivity contribution in [3.05, 3.63) is 52.8 Å². The smallest absolute Gasteiger partial charge is 0.253 e. The fourth-order valence-corrected chi connectivity index (χ4v) is 3.70. The summed E-state index contributed by atoms with van der Waals surface area (Å²) in [4.78, 5) is 14.6. The maximum Gasteiger partial charge on any atom is 0.253 e. The topological polar surface area (TPSA) is 50.2 Å². The van der Waals surface area contributed by atoms with E-state index in [-0.39, 0.29) is 5.91 Å². The van der Waals surface area contributed by atoms with E-state index in [1.807, 2.05) is 43.0 Å². The number of rotatable bonds is 5. The predicted molar refractivity (Wildman–Crippen MR) is 104 cm³/mol. The van der Waals surface area contributed by atoms with E-state index in [0.29, 0.717) is 12.1 Å². The number of aryl methyl sites for hydroxylation is 3. The summed E-state index contributed by atoms with van der Waals surface area (Å²) in [6.07, 6.45) is 2.00. The standard InChI is InChI=1S/C21H30N4O/c1-15-5-7-19(8-6-15)21(26)24-11-9-20(10-12-24)22-17(3)14-25-18(4)13-16(2)23-25/h5-8,13,17,20,22H,9-12,14H2,1-4H3. The summed E-state index contributed by atoms with van der Waals surface area (Å²) in [6.45, 7) is 10.9. The molecule has 1 aromatic carbocycles. The van der Waals surface area contributed by atoms with Crippen LogP contribution in [0.4, 0.5) is 0 Å². The number of nitrogens with one attached hydrogen (secondary N) is 1. The van der Waals surface area contributed by atoms with Crippen molar-refractivity contribution in [2.24, 2.45) is 0 Å². The third kappa shape index (κ3) is 4.52. The Hall–Kier alpha value is -2.14. The van der Waals surface area contributed by atoms with Crippen LogP contribution in [-0.2, 0) is 6.54 Å². The second-order valence-corrected chi connectivity index (χ2v) is 7.61. The van der Waals surface area contributed by atoms with Crippen LogP contribution in [0.3, 0.4) is 0 Å². The second-order valence-electron chi connectivity index (χ2n) is 7.61. The van der Waals surface area contributed by atoms with Gasteiger partial charge >= 0.3 is 0 Å². The summed E-state index contributed by atoms with van der Waals surface area (Å²) in [7, 11) is 0. The summed E-state index contributed by atoms with van der Waals surface area (Å²) >= 11 is 0. The summed E-state index contributed by atoms with van der Waals surface area (Å²) in [6, 6.07) is 10.8. The van der Waals surface area contributed by atoms with Gasteiger partial charge in [0.2, 0.25) is 0 Å². The van der Waals surface area contributed by atoms with Gasteiger partial charge in [0.05, 0.1) is 12.2 Å². The molecule has 1 unspecified atom stereocenters. The number of nitrogens with zero attached hydrogens (tertiary/aromatic N) is 3. The maximum atomic E-state index is 12.6. The molecule has 0 radical (unpaired) electrons. The Morgan fingerprint density at radius 3 is 2.42 bits per heavy atom. The first-order valence-electron chi connectivity index (χ1n) is 9.55. The van der Waals surface area contributed by atoms with E-state index < -0.39 is 0 Å². The monoisotopic (exact) mass is 354 g/mol. The SMILES string of the molecule is Cc1ccc(C(=O)N2CCC(NC(C)Cn3nc(C)cc3C)CC2)cc1. The van der Waals surface area contributed by atoms with Crippen molar-refractivity contribution in [2.45, 2.75) is 59.2 Å². The highest BCUT2D eigenvalue weighted by Crippen LogP contribution is 2.15. The first-order valence-corrected chi connectivity index (χ1v) is 9.55. The van der Waals surface area contributed by atoms with Gasteiger partial charge in [-0.25, -0.2) is 0 Å². The van der Waals surface area contributed by atoms with Crippen LogP contribution in [0.15, 0.2) is 30.3 Å². The maximum absolute atomic E-state index is 12.6. The number of hydrogen-bond acceptors (Lipinski definition) is 3. The first kappa shape index (κ1) is 18.6. The molecule has 140 valence electrons. The molecule has 2 aromatic rings. The number of hydrogen-bond donors (Lipinski definition) is 1. The van der Waals surface area contributed by atoms with Crippen molar-refractivity contribution < 1.29 is 4.79 Å². The Labute approximate surface area is 156 Å². The molecular formula is C21H30N4O. The van der Waals surface area contributed by atoms with Crippen LogP contribution in [-0.4, -0.2) is 45.8 Å². The Morgan fingerprint density at radius 1 is 1.19 bits per heavy atom. The molecule has 5 nitrogen and oxygen atoms in total. The van der Waals surface area contributed by atoms with Crippen molar-refractivity contribution in [1.29, 1.82) is 0 Å². The van der Waals surface area contributed by atoms with E-state index in [0.717, 1.165) is 43.7 Å². The lowest BCUT2D eigenvalue weighted by molar-refractivity contribution is 0.0701. The van der Waals surface area contributed by atoms with Crippen LogP contribution in [0.2, 0.25) is 0 Å². The molecule has 1 saturated heterocycles. The van der Waals surface area contributed by atoms with Gasteiger partial charge in [0.1, 0.15) is 0 Å². The van der Waals surface area contributed by atoms with Gasteiger partial charge in [0.15, 0.2) is 0 Å². The van der Waals surface area contributed by atoms with Gasteiger partial charge < -0.3 is 10.2 Å². The molecule has 1 aromatic heterocycles. The number of carbonyl (C=O) groups excluding carboxylic acids is 1. The van der Waals surface area contributed by atoms with Gasteiger partial charge in [-0.15, -0.1) is 0 Å². The average Bonchev–Trinajstić information content (AvgIpc) is 2.92. The van der Waals surface area contributed by atoms with Crippen LogP contribution in [0, 0.1) is 20.8 Å². The summed E-state index contributed by atoms with van der Waals surface area (Å²) in [5, 5.41) is 8.25. The molecule has 1 aliphatic rings. The van der Waals surface area contributed by atoms with Crippen LogP contribution >= 0.6 is 0 Å². The van der Waals surface area contributed by atoms with Crippen molar-refractivity contribution in [3.63, 3.8) is 0 Å². The van der Waals surface area contributed by atoms with Crippen LogP contribution < -0.4 is 5.32 Å². The Morgan fingerprint density at radius 2 is 1.85 bits per heavy atom. The molecule has 1 fully saturated rings. The van der Waals surface area contributed by atoms with Crippen molar-refractivity contribution >= 4 is 5.91 Å². The molecule has 1 aliphatic heterocycles. The van der Waals surface area contributed by atoms with E-state index in [2.05, 4.69) is 35.0 Å². The largest absolute Gasteiger partial charge is 0.339 e. The van der Waals surface area contributed by atoms with Gasteiger partial charge in [0.25, 0.3) is 5.91 Å². The van der Waals surface area contributed by atoms with Gasteiger partial charge in [-0.2, -0.15) is 5.10 Å². The van der Waals surface area contributed by atoms with E-state index >= 15 is 0 Å². The van der Waals surface area contributed by atoms with Crippen molar-refractivity contribution in [1.82, 2.24) is 20.0 Å². The zero-order valence-corrected chi connectivity index (χ0v) is 16.3. The molecule has 0 saturated carbocycles. The third-order valence-corrected chi connectivity index (χ3v) is 5.15.